The first kappa shape index (κ1) is 12.8. The molecule has 1 aliphatic rings. The Hall–Kier alpha value is -0.643. The van der Waals surface area contributed by atoms with Gasteiger partial charge in [-0.3, -0.25) is 0 Å². The predicted octanol–water partition coefficient (Wildman–Crippen LogP) is 3.76. The highest BCUT2D eigenvalue weighted by Gasteiger charge is 2.54. The Labute approximate surface area is 105 Å². The maximum Gasteiger partial charge on any atom is 0.184 e. The summed E-state index contributed by atoms with van der Waals surface area (Å²) in [5, 5.41) is 0. The van der Waals surface area contributed by atoms with E-state index in [-0.39, 0.29) is 17.8 Å². The maximum atomic E-state index is 6.35. The van der Waals surface area contributed by atoms with Crippen LogP contribution in [0.25, 0.3) is 0 Å². The van der Waals surface area contributed by atoms with Crippen LogP contribution in [0.15, 0.2) is 30.3 Å². The van der Waals surface area contributed by atoms with Crippen LogP contribution in [0.2, 0.25) is 19.6 Å². The van der Waals surface area contributed by atoms with Crippen LogP contribution in [0.3, 0.4) is 0 Å². The molecule has 0 amide bonds. The molecule has 1 fully saturated rings. The molecule has 1 aromatic carbocycles. The Bertz CT molecular complexity index is 385. The average Bonchev–Trinajstić information content (AvgIpc) is 2.24. The van der Waals surface area contributed by atoms with E-state index in [2.05, 4.69) is 57.8 Å². The third-order valence-corrected chi connectivity index (χ3v) is 4.35. The quantitative estimate of drug-likeness (QED) is 0.761. The lowest BCUT2D eigenvalue weighted by molar-refractivity contribution is -0.270. The van der Waals surface area contributed by atoms with Gasteiger partial charge in [-0.2, -0.15) is 0 Å². The minimum Gasteiger partial charge on any atom is -0.407 e. The van der Waals surface area contributed by atoms with Gasteiger partial charge in [-0.1, -0.05) is 30.3 Å². The lowest BCUT2D eigenvalue weighted by Crippen LogP contribution is -2.61. The number of rotatable bonds is 3. The standard InChI is InChI=1S/C14H22O2Si/c1-11-14(2,16-17(3,4)5)13(15-11)12-9-7-6-8-10-12/h6-11,13H,1-5H3/t11-,13+,14+/m0/s1. The van der Waals surface area contributed by atoms with Gasteiger partial charge >= 0.3 is 0 Å². The first-order valence-corrected chi connectivity index (χ1v) is 9.64. The van der Waals surface area contributed by atoms with Crippen LogP contribution < -0.4 is 0 Å². The fraction of sp³-hybridized carbons (Fsp3) is 0.571. The molecule has 0 radical (unpaired) electrons. The van der Waals surface area contributed by atoms with E-state index in [0.29, 0.717) is 0 Å². The van der Waals surface area contributed by atoms with Crippen LogP contribution >= 0.6 is 0 Å². The smallest absolute Gasteiger partial charge is 0.184 e. The predicted molar refractivity (Wildman–Crippen MR) is 72.6 cm³/mol. The Morgan fingerprint density at radius 3 is 2.24 bits per heavy atom. The molecule has 1 aromatic rings. The van der Waals surface area contributed by atoms with Gasteiger partial charge in [-0.15, -0.1) is 0 Å². The molecule has 0 aliphatic carbocycles. The molecule has 0 aromatic heterocycles. The second-order valence-electron chi connectivity index (χ2n) is 5.97. The lowest BCUT2D eigenvalue weighted by Gasteiger charge is -2.54. The van der Waals surface area contributed by atoms with E-state index in [1.165, 1.54) is 5.56 Å². The summed E-state index contributed by atoms with van der Waals surface area (Å²) in [5.74, 6) is 0. The van der Waals surface area contributed by atoms with Crippen molar-refractivity contribution in [1.82, 2.24) is 0 Å². The molecular weight excluding hydrogens is 228 g/mol. The summed E-state index contributed by atoms with van der Waals surface area (Å²) in [4.78, 5) is 0. The second-order valence-corrected chi connectivity index (χ2v) is 10.4. The van der Waals surface area contributed by atoms with Crippen LogP contribution in [0.5, 0.6) is 0 Å². The van der Waals surface area contributed by atoms with Crippen molar-refractivity contribution in [3.63, 3.8) is 0 Å². The molecule has 0 bridgehead atoms. The third kappa shape index (κ3) is 2.46. The molecule has 94 valence electrons. The fourth-order valence-corrected chi connectivity index (χ4v) is 4.04. The molecule has 17 heavy (non-hydrogen) atoms. The van der Waals surface area contributed by atoms with Gasteiger partial charge in [0.05, 0.1) is 6.10 Å². The number of hydrogen-bond acceptors (Lipinski definition) is 2. The zero-order chi connectivity index (χ0) is 12.7. The van der Waals surface area contributed by atoms with Crippen LogP contribution in [-0.2, 0) is 9.16 Å². The van der Waals surface area contributed by atoms with Gasteiger partial charge in [-0.05, 0) is 39.1 Å². The highest BCUT2D eigenvalue weighted by molar-refractivity contribution is 6.69. The van der Waals surface area contributed by atoms with Gasteiger partial charge in [-0.25, -0.2) is 0 Å². The van der Waals surface area contributed by atoms with Crippen molar-refractivity contribution < 1.29 is 9.16 Å². The van der Waals surface area contributed by atoms with Crippen LogP contribution in [-0.4, -0.2) is 20.0 Å². The largest absolute Gasteiger partial charge is 0.407 e. The van der Waals surface area contributed by atoms with E-state index in [1.807, 2.05) is 6.07 Å². The molecule has 3 atom stereocenters. The van der Waals surface area contributed by atoms with Gasteiger partial charge in [0, 0.05) is 0 Å². The molecule has 3 heteroatoms. The van der Waals surface area contributed by atoms with Gasteiger partial charge in [0.25, 0.3) is 0 Å². The number of benzene rings is 1. The SMILES string of the molecule is C[C@@H]1O[C@H](c2ccccc2)[C@]1(C)O[Si](C)(C)C. The highest BCUT2D eigenvalue weighted by Crippen LogP contribution is 2.48. The fourth-order valence-electron chi connectivity index (χ4n) is 2.45. The first-order valence-electron chi connectivity index (χ1n) is 6.23. The lowest BCUT2D eigenvalue weighted by atomic mass is 9.83. The molecule has 0 N–H and O–H groups in total. The normalized spacial score (nSPS) is 33.2. The van der Waals surface area contributed by atoms with E-state index in [1.54, 1.807) is 0 Å². The summed E-state index contributed by atoms with van der Waals surface area (Å²) < 4.78 is 12.2. The van der Waals surface area contributed by atoms with Crippen molar-refractivity contribution in [3.8, 4) is 0 Å². The maximum absolute atomic E-state index is 6.35. The van der Waals surface area contributed by atoms with Gasteiger partial charge in [0.2, 0.25) is 0 Å². The van der Waals surface area contributed by atoms with Crippen LogP contribution in [0.4, 0.5) is 0 Å². The minimum absolute atomic E-state index is 0.0745. The number of ether oxygens (including phenoxy) is 1. The van der Waals surface area contributed by atoms with E-state index in [9.17, 15) is 0 Å². The van der Waals surface area contributed by atoms with E-state index >= 15 is 0 Å². The first-order chi connectivity index (χ1) is 7.83. The Balaban J connectivity index is 2.21. The monoisotopic (exact) mass is 250 g/mol. The number of hydrogen-bond donors (Lipinski definition) is 0. The molecule has 2 rings (SSSR count). The Kier molecular flexibility index (Phi) is 3.19. The molecular formula is C14H22O2Si. The average molecular weight is 250 g/mol. The molecule has 1 aliphatic heterocycles. The zero-order valence-corrected chi connectivity index (χ0v) is 12.4. The van der Waals surface area contributed by atoms with E-state index in [0.717, 1.165) is 0 Å². The van der Waals surface area contributed by atoms with Crippen molar-refractivity contribution in [2.24, 2.45) is 0 Å². The van der Waals surface area contributed by atoms with E-state index in [4.69, 9.17) is 9.16 Å². The van der Waals surface area contributed by atoms with Crippen molar-refractivity contribution in [1.29, 1.82) is 0 Å². The molecule has 1 saturated heterocycles. The molecule has 0 unspecified atom stereocenters. The summed E-state index contributed by atoms with van der Waals surface area (Å²) >= 11 is 0. The summed E-state index contributed by atoms with van der Waals surface area (Å²) in [6, 6.07) is 10.4. The summed E-state index contributed by atoms with van der Waals surface area (Å²) in [6.45, 7) is 11.0. The molecule has 0 saturated carbocycles. The topological polar surface area (TPSA) is 18.5 Å². The van der Waals surface area contributed by atoms with Gasteiger partial charge < -0.3 is 9.16 Å². The molecule has 1 heterocycles. The van der Waals surface area contributed by atoms with Crippen molar-refractivity contribution in [2.45, 2.75) is 51.3 Å². The van der Waals surface area contributed by atoms with Gasteiger partial charge in [0.15, 0.2) is 8.32 Å². The Morgan fingerprint density at radius 1 is 1.18 bits per heavy atom. The summed E-state index contributed by atoms with van der Waals surface area (Å²) in [7, 11) is -1.56. The van der Waals surface area contributed by atoms with Crippen LogP contribution in [0, 0.1) is 0 Å². The van der Waals surface area contributed by atoms with Crippen molar-refractivity contribution in [2.75, 3.05) is 0 Å². The van der Waals surface area contributed by atoms with Gasteiger partial charge in [0.1, 0.15) is 11.7 Å². The van der Waals surface area contributed by atoms with Crippen LogP contribution in [0.1, 0.15) is 25.5 Å². The second kappa shape index (κ2) is 4.23. The Morgan fingerprint density at radius 2 is 1.76 bits per heavy atom. The molecule has 2 nitrogen and oxygen atoms in total. The highest BCUT2D eigenvalue weighted by atomic mass is 28.4. The molecule has 0 spiro atoms. The summed E-state index contributed by atoms with van der Waals surface area (Å²) in [5.41, 5.74) is 1.04. The van der Waals surface area contributed by atoms with E-state index < -0.39 is 8.32 Å². The third-order valence-electron chi connectivity index (χ3n) is 3.30. The van der Waals surface area contributed by atoms with Crippen molar-refractivity contribution in [3.05, 3.63) is 35.9 Å². The minimum atomic E-state index is -1.56. The summed E-state index contributed by atoms with van der Waals surface area (Å²) in [6.07, 6.45) is 0.241. The zero-order valence-electron chi connectivity index (χ0n) is 11.4. The van der Waals surface area contributed by atoms with Crippen molar-refractivity contribution >= 4 is 8.32 Å².